The first-order valence-corrected chi connectivity index (χ1v) is 6.57. The van der Waals surface area contributed by atoms with Gasteiger partial charge >= 0.3 is 0 Å². The third-order valence-electron chi connectivity index (χ3n) is 1.56. The topological polar surface area (TPSA) is 25.8 Å². The van der Waals surface area contributed by atoms with Crippen LogP contribution in [0.4, 0.5) is 0 Å². The maximum atomic E-state index is 4.13. The van der Waals surface area contributed by atoms with Gasteiger partial charge in [0.1, 0.15) is 0 Å². The average molecular weight is 287 g/mol. The zero-order valence-electron chi connectivity index (χ0n) is 7.18. The van der Waals surface area contributed by atoms with Crippen molar-refractivity contribution in [2.45, 2.75) is 9.96 Å². The second-order valence-corrected chi connectivity index (χ2v) is 6.16. The maximum absolute atomic E-state index is 4.13. The van der Waals surface area contributed by atoms with E-state index in [0.717, 1.165) is 9.67 Å². The van der Waals surface area contributed by atoms with Crippen molar-refractivity contribution in [2.24, 2.45) is 0 Å². The van der Waals surface area contributed by atoms with Crippen LogP contribution in [0.15, 0.2) is 38.8 Å². The van der Waals surface area contributed by atoms with Crippen molar-refractivity contribution >= 4 is 39.0 Å². The summed E-state index contributed by atoms with van der Waals surface area (Å²) in [4.78, 5) is 8.19. The maximum Gasteiger partial charge on any atom is 0.160 e. The Labute approximate surface area is 98.9 Å². The summed E-state index contributed by atoms with van der Waals surface area (Å²) in [7, 11) is 0. The minimum Gasteiger partial charge on any atom is -0.264 e. The van der Waals surface area contributed by atoms with Gasteiger partial charge in [0.15, 0.2) is 3.92 Å². The van der Waals surface area contributed by atoms with E-state index in [4.69, 9.17) is 0 Å². The van der Waals surface area contributed by atoms with Gasteiger partial charge in [0, 0.05) is 18.1 Å². The Morgan fingerprint density at radius 2 is 2.36 bits per heavy atom. The molecule has 0 saturated carbocycles. The lowest BCUT2D eigenvalue weighted by Crippen LogP contribution is -1.79. The summed E-state index contributed by atoms with van der Waals surface area (Å²) < 4.78 is 2.16. The van der Waals surface area contributed by atoms with Crippen LogP contribution in [0.5, 0.6) is 0 Å². The van der Waals surface area contributed by atoms with E-state index in [1.165, 1.54) is 9.77 Å². The Balaban J connectivity index is 1.95. The van der Waals surface area contributed by atoms with Crippen molar-refractivity contribution in [2.75, 3.05) is 0 Å². The lowest BCUT2D eigenvalue weighted by atomic mass is 10.3. The molecule has 2 heterocycles. The summed E-state index contributed by atoms with van der Waals surface area (Å²) >= 11 is 6.78. The average Bonchev–Trinajstić information content (AvgIpc) is 2.63. The van der Waals surface area contributed by atoms with Gasteiger partial charge in [-0.05, 0) is 27.6 Å². The molecule has 2 rings (SSSR count). The monoisotopic (exact) mass is 286 g/mol. The van der Waals surface area contributed by atoms with Gasteiger partial charge in [-0.3, -0.25) is 4.98 Å². The molecule has 2 nitrogen and oxygen atoms in total. The molecule has 0 saturated heterocycles. The molecule has 14 heavy (non-hydrogen) atoms. The summed E-state index contributed by atoms with van der Waals surface area (Å²) in [6.07, 6.45) is 5.57. The summed E-state index contributed by atoms with van der Waals surface area (Å²) in [5.41, 5.74) is 1.24. The van der Waals surface area contributed by atoms with E-state index in [0.29, 0.717) is 0 Å². The number of hydrogen-bond donors (Lipinski definition) is 0. The van der Waals surface area contributed by atoms with Crippen molar-refractivity contribution in [3.05, 3.63) is 40.2 Å². The molecule has 0 spiro atoms. The first-order chi connectivity index (χ1) is 6.84. The highest BCUT2D eigenvalue weighted by molar-refractivity contribution is 9.11. The standard InChI is InChI=1S/C9H7BrN2S2/c10-9-12-5-8(14-9)13-6-7-2-1-3-11-4-7/h1-5H,6H2. The van der Waals surface area contributed by atoms with Gasteiger partial charge in [-0.15, -0.1) is 23.1 Å². The molecule has 0 radical (unpaired) electrons. The van der Waals surface area contributed by atoms with E-state index in [1.54, 1.807) is 29.3 Å². The number of thiazole rings is 1. The van der Waals surface area contributed by atoms with Crippen molar-refractivity contribution in [1.29, 1.82) is 0 Å². The first-order valence-electron chi connectivity index (χ1n) is 3.97. The van der Waals surface area contributed by atoms with E-state index in [1.807, 2.05) is 18.5 Å². The normalized spacial score (nSPS) is 10.4. The second kappa shape index (κ2) is 4.91. The fourth-order valence-corrected chi connectivity index (χ4v) is 3.52. The predicted octanol–water partition coefficient (Wildman–Crippen LogP) is 3.59. The zero-order chi connectivity index (χ0) is 9.80. The molecule has 0 aromatic carbocycles. The fourth-order valence-electron chi connectivity index (χ4n) is 0.944. The van der Waals surface area contributed by atoms with Crippen molar-refractivity contribution in [3.63, 3.8) is 0 Å². The molecule has 72 valence electrons. The van der Waals surface area contributed by atoms with E-state index in [2.05, 4.69) is 32.0 Å². The highest BCUT2D eigenvalue weighted by Gasteiger charge is 2.00. The molecule has 2 aromatic rings. The molecule has 0 N–H and O–H groups in total. The Hall–Kier alpha value is -0.390. The molecule has 0 unspecified atom stereocenters. The molecule has 5 heteroatoms. The minimum atomic E-state index is 0.936. The molecule has 0 fully saturated rings. The van der Waals surface area contributed by atoms with E-state index < -0.39 is 0 Å². The molecule has 0 bridgehead atoms. The molecule has 0 aliphatic heterocycles. The number of hydrogen-bond acceptors (Lipinski definition) is 4. The highest BCUT2D eigenvalue weighted by Crippen LogP contribution is 2.30. The highest BCUT2D eigenvalue weighted by atomic mass is 79.9. The van der Waals surface area contributed by atoms with Crippen LogP contribution in [0.2, 0.25) is 0 Å². The minimum absolute atomic E-state index is 0.936. The fraction of sp³-hybridized carbons (Fsp3) is 0.111. The van der Waals surface area contributed by atoms with Gasteiger partial charge < -0.3 is 0 Å². The third kappa shape index (κ3) is 2.80. The number of thioether (sulfide) groups is 1. The zero-order valence-corrected chi connectivity index (χ0v) is 10.4. The van der Waals surface area contributed by atoms with Gasteiger partial charge in [0.05, 0.1) is 10.4 Å². The van der Waals surface area contributed by atoms with Gasteiger partial charge in [-0.2, -0.15) is 0 Å². The summed E-state index contributed by atoms with van der Waals surface area (Å²) in [5, 5.41) is 0. The van der Waals surface area contributed by atoms with Gasteiger partial charge in [-0.1, -0.05) is 6.07 Å². The number of nitrogens with zero attached hydrogens (tertiary/aromatic N) is 2. The van der Waals surface area contributed by atoms with Gasteiger partial charge in [-0.25, -0.2) is 4.98 Å². The Morgan fingerprint density at radius 3 is 3.00 bits per heavy atom. The largest absolute Gasteiger partial charge is 0.264 e. The van der Waals surface area contributed by atoms with E-state index in [-0.39, 0.29) is 0 Å². The van der Waals surface area contributed by atoms with Crippen LogP contribution in [-0.4, -0.2) is 9.97 Å². The van der Waals surface area contributed by atoms with Gasteiger partial charge in [0.2, 0.25) is 0 Å². The van der Waals surface area contributed by atoms with Crippen LogP contribution in [0.1, 0.15) is 5.56 Å². The van der Waals surface area contributed by atoms with Crippen LogP contribution in [0, 0.1) is 0 Å². The predicted molar refractivity (Wildman–Crippen MR) is 63.6 cm³/mol. The van der Waals surface area contributed by atoms with Crippen LogP contribution in [0.3, 0.4) is 0 Å². The third-order valence-corrected chi connectivity index (χ3v) is 4.30. The molecule has 0 aliphatic carbocycles. The van der Waals surface area contributed by atoms with Gasteiger partial charge in [0.25, 0.3) is 0 Å². The van der Waals surface area contributed by atoms with Crippen molar-refractivity contribution in [3.8, 4) is 0 Å². The first kappa shape index (κ1) is 10.1. The molecule has 0 amide bonds. The van der Waals surface area contributed by atoms with Crippen LogP contribution < -0.4 is 0 Å². The number of rotatable bonds is 3. The molecular weight excluding hydrogens is 280 g/mol. The Kier molecular flexibility index (Phi) is 3.55. The molecule has 0 aliphatic rings. The summed E-state index contributed by atoms with van der Waals surface area (Å²) in [5.74, 6) is 0.947. The number of halogens is 1. The van der Waals surface area contributed by atoms with Crippen molar-refractivity contribution < 1.29 is 0 Å². The lowest BCUT2D eigenvalue weighted by Gasteiger charge is -1.96. The second-order valence-electron chi connectivity index (χ2n) is 2.58. The number of pyridine rings is 1. The lowest BCUT2D eigenvalue weighted by molar-refractivity contribution is 1.25. The van der Waals surface area contributed by atoms with Crippen LogP contribution >= 0.6 is 39.0 Å². The molecule has 0 atom stereocenters. The quantitative estimate of drug-likeness (QED) is 0.807. The smallest absolute Gasteiger partial charge is 0.160 e. The Bertz CT molecular complexity index is 402. The van der Waals surface area contributed by atoms with E-state index in [9.17, 15) is 0 Å². The number of aromatic nitrogens is 2. The summed E-state index contributed by atoms with van der Waals surface area (Å²) in [6.45, 7) is 0. The van der Waals surface area contributed by atoms with Crippen molar-refractivity contribution in [1.82, 2.24) is 9.97 Å². The van der Waals surface area contributed by atoms with Crippen LogP contribution in [0.25, 0.3) is 0 Å². The molecular formula is C9H7BrN2S2. The SMILES string of the molecule is Brc1ncc(SCc2cccnc2)s1. The van der Waals surface area contributed by atoms with Crippen LogP contribution in [-0.2, 0) is 5.75 Å². The summed E-state index contributed by atoms with van der Waals surface area (Å²) in [6, 6.07) is 4.04. The Morgan fingerprint density at radius 1 is 1.43 bits per heavy atom. The van der Waals surface area contributed by atoms with E-state index >= 15 is 0 Å². The molecule has 2 aromatic heterocycles.